The summed E-state index contributed by atoms with van der Waals surface area (Å²) in [5.74, 6) is -0.825. The number of amides is 2. The average molecular weight is 468 g/mol. The molecule has 0 N–H and O–H groups in total. The highest BCUT2D eigenvalue weighted by Gasteiger charge is 2.36. The van der Waals surface area contributed by atoms with Gasteiger partial charge in [0.15, 0.2) is 0 Å². The van der Waals surface area contributed by atoms with Crippen LogP contribution in [0.25, 0.3) is 0 Å². The van der Waals surface area contributed by atoms with Gasteiger partial charge >= 0.3 is 0 Å². The molecule has 0 saturated carbocycles. The van der Waals surface area contributed by atoms with Gasteiger partial charge in [-0.15, -0.1) is 0 Å². The number of unbranched alkanes of at least 4 members (excludes halogenated alkanes) is 1. The lowest BCUT2D eigenvalue weighted by Gasteiger charge is -2.37. The van der Waals surface area contributed by atoms with Crippen LogP contribution in [0.5, 0.6) is 0 Å². The first-order chi connectivity index (χ1) is 15.3. The van der Waals surface area contributed by atoms with E-state index < -0.39 is 15.8 Å². The van der Waals surface area contributed by atoms with E-state index in [1.165, 1.54) is 22.5 Å². The number of hydrogen-bond acceptors (Lipinski definition) is 4. The smallest absolute Gasteiger partial charge is 0.245 e. The van der Waals surface area contributed by atoms with Gasteiger partial charge in [-0.1, -0.05) is 25.5 Å². The monoisotopic (exact) mass is 467 g/mol. The highest BCUT2D eigenvalue weighted by atomic mass is 32.2. The minimum Gasteiger partial charge on any atom is -0.346 e. The molecule has 2 amide bonds. The fourth-order valence-corrected chi connectivity index (χ4v) is 6.09. The fourth-order valence-electron chi connectivity index (χ4n) is 4.56. The third kappa shape index (κ3) is 5.49. The standard InChI is InChI=1S/C23H34FN3O4S/c1-3-4-13-25(2)22(28)18-9-14-26(15-10-18)23(29)19-11-16-27(17-12-19)32(30,31)21-8-6-5-7-20(21)24/h5-8,18-19H,3-4,9-17H2,1-2H3. The maximum atomic E-state index is 14.0. The Morgan fingerprint density at radius 1 is 1.03 bits per heavy atom. The molecule has 2 aliphatic heterocycles. The summed E-state index contributed by atoms with van der Waals surface area (Å²) in [6.45, 7) is 4.38. The summed E-state index contributed by atoms with van der Waals surface area (Å²) in [6.07, 6.45) is 4.22. The Morgan fingerprint density at radius 2 is 1.62 bits per heavy atom. The van der Waals surface area contributed by atoms with Gasteiger partial charge in [-0.05, 0) is 44.2 Å². The van der Waals surface area contributed by atoms with E-state index in [9.17, 15) is 22.4 Å². The number of rotatable bonds is 7. The van der Waals surface area contributed by atoms with Crippen molar-refractivity contribution in [3.05, 3.63) is 30.1 Å². The average Bonchev–Trinajstić information content (AvgIpc) is 2.82. The van der Waals surface area contributed by atoms with Gasteiger partial charge in [0, 0.05) is 51.6 Å². The van der Waals surface area contributed by atoms with Gasteiger partial charge in [0.25, 0.3) is 0 Å². The van der Waals surface area contributed by atoms with Crippen LogP contribution in [0, 0.1) is 17.7 Å². The largest absolute Gasteiger partial charge is 0.346 e. The van der Waals surface area contributed by atoms with Crippen molar-refractivity contribution in [3.8, 4) is 0 Å². The summed E-state index contributed by atoms with van der Waals surface area (Å²) >= 11 is 0. The molecule has 2 aliphatic rings. The molecular formula is C23H34FN3O4S. The lowest BCUT2D eigenvalue weighted by molar-refractivity contribution is -0.142. The molecule has 32 heavy (non-hydrogen) atoms. The molecule has 0 spiro atoms. The number of carbonyl (C=O) groups excluding carboxylic acids is 2. The summed E-state index contributed by atoms with van der Waals surface area (Å²) in [5.41, 5.74) is 0. The molecule has 7 nitrogen and oxygen atoms in total. The summed E-state index contributed by atoms with van der Waals surface area (Å²) in [4.78, 5) is 28.9. The number of likely N-dealkylation sites (tertiary alicyclic amines) is 1. The quantitative estimate of drug-likeness (QED) is 0.618. The molecule has 0 atom stereocenters. The van der Waals surface area contributed by atoms with Gasteiger partial charge in [-0.25, -0.2) is 12.8 Å². The first-order valence-corrected chi connectivity index (χ1v) is 13.0. The maximum absolute atomic E-state index is 14.0. The van der Waals surface area contributed by atoms with E-state index in [0.29, 0.717) is 38.8 Å². The zero-order chi connectivity index (χ0) is 23.3. The van der Waals surface area contributed by atoms with Gasteiger partial charge in [0.2, 0.25) is 21.8 Å². The van der Waals surface area contributed by atoms with Crippen molar-refractivity contribution >= 4 is 21.8 Å². The number of benzene rings is 1. The second kappa shape index (κ2) is 10.7. The molecule has 2 fully saturated rings. The number of hydrogen-bond donors (Lipinski definition) is 0. The zero-order valence-corrected chi connectivity index (χ0v) is 19.8. The van der Waals surface area contributed by atoms with Crippen molar-refractivity contribution in [3.63, 3.8) is 0 Å². The van der Waals surface area contributed by atoms with Crippen molar-refractivity contribution in [2.24, 2.45) is 11.8 Å². The van der Waals surface area contributed by atoms with Gasteiger partial charge < -0.3 is 9.80 Å². The number of carbonyl (C=O) groups is 2. The van der Waals surface area contributed by atoms with E-state index in [1.807, 2.05) is 11.9 Å². The predicted octanol–water partition coefficient (Wildman–Crippen LogP) is 2.72. The lowest BCUT2D eigenvalue weighted by Crippen LogP contribution is -2.48. The third-order valence-corrected chi connectivity index (χ3v) is 8.57. The SMILES string of the molecule is CCCCN(C)C(=O)C1CCN(C(=O)C2CCN(S(=O)(=O)c3ccccc3F)CC2)CC1. The summed E-state index contributed by atoms with van der Waals surface area (Å²) < 4.78 is 40.8. The molecule has 0 bridgehead atoms. The molecule has 0 radical (unpaired) electrons. The van der Waals surface area contributed by atoms with Crippen molar-refractivity contribution in [2.75, 3.05) is 39.8 Å². The molecule has 3 rings (SSSR count). The third-order valence-electron chi connectivity index (χ3n) is 6.64. The van der Waals surface area contributed by atoms with Crippen molar-refractivity contribution in [2.45, 2.75) is 50.3 Å². The van der Waals surface area contributed by atoms with Crippen molar-refractivity contribution < 1.29 is 22.4 Å². The first-order valence-electron chi connectivity index (χ1n) is 11.5. The van der Waals surface area contributed by atoms with Gasteiger partial charge in [0.05, 0.1) is 0 Å². The highest BCUT2D eigenvalue weighted by Crippen LogP contribution is 2.28. The van der Waals surface area contributed by atoms with Crippen LogP contribution in [-0.4, -0.2) is 74.1 Å². The van der Waals surface area contributed by atoms with E-state index in [0.717, 1.165) is 25.5 Å². The lowest BCUT2D eigenvalue weighted by atomic mass is 9.92. The Balaban J connectivity index is 1.50. The maximum Gasteiger partial charge on any atom is 0.245 e. The molecular weight excluding hydrogens is 433 g/mol. The second-order valence-corrected chi connectivity index (χ2v) is 10.7. The molecule has 0 unspecified atom stereocenters. The van der Waals surface area contributed by atoms with E-state index in [2.05, 4.69) is 6.92 Å². The van der Waals surface area contributed by atoms with Crippen LogP contribution in [-0.2, 0) is 19.6 Å². The molecule has 0 aliphatic carbocycles. The Hall–Kier alpha value is -2.00. The van der Waals surface area contributed by atoms with Crippen molar-refractivity contribution in [1.82, 2.24) is 14.1 Å². The van der Waals surface area contributed by atoms with Crippen LogP contribution in [0.1, 0.15) is 45.4 Å². The van der Waals surface area contributed by atoms with E-state index in [4.69, 9.17) is 0 Å². The molecule has 9 heteroatoms. The number of halogens is 1. The zero-order valence-electron chi connectivity index (χ0n) is 19.0. The van der Waals surface area contributed by atoms with Crippen LogP contribution in [0.2, 0.25) is 0 Å². The Labute approximate surface area is 190 Å². The van der Waals surface area contributed by atoms with Crippen LogP contribution < -0.4 is 0 Å². The van der Waals surface area contributed by atoms with Crippen LogP contribution in [0.15, 0.2) is 29.2 Å². The molecule has 0 aromatic heterocycles. The molecule has 1 aromatic rings. The molecule has 178 valence electrons. The number of piperidine rings is 2. The van der Waals surface area contributed by atoms with E-state index in [-0.39, 0.29) is 41.6 Å². The van der Waals surface area contributed by atoms with Crippen molar-refractivity contribution in [1.29, 1.82) is 0 Å². The number of nitrogens with zero attached hydrogens (tertiary/aromatic N) is 3. The highest BCUT2D eigenvalue weighted by molar-refractivity contribution is 7.89. The second-order valence-electron chi connectivity index (χ2n) is 8.82. The predicted molar refractivity (Wildman–Crippen MR) is 120 cm³/mol. The molecule has 2 saturated heterocycles. The minimum absolute atomic E-state index is 0.0336. The Morgan fingerprint density at radius 3 is 2.22 bits per heavy atom. The minimum atomic E-state index is -3.91. The van der Waals surface area contributed by atoms with Crippen LogP contribution >= 0.6 is 0 Å². The van der Waals surface area contributed by atoms with Gasteiger partial charge in [-0.3, -0.25) is 9.59 Å². The van der Waals surface area contributed by atoms with E-state index in [1.54, 1.807) is 4.90 Å². The summed E-state index contributed by atoms with van der Waals surface area (Å²) in [6, 6.07) is 5.37. The topological polar surface area (TPSA) is 78.0 Å². The Bertz CT molecular complexity index is 908. The van der Waals surface area contributed by atoms with Gasteiger partial charge in [-0.2, -0.15) is 4.31 Å². The normalized spacial score (nSPS) is 19.2. The summed E-state index contributed by atoms with van der Waals surface area (Å²) in [7, 11) is -2.06. The van der Waals surface area contributed by atoms with E-state index >= 15 is 0 Å². The van der Waals surface area contributed by atoms with Gasteiger partial charge in [0.1, 0.15) is 10.7 Å². The molecule has 2 heterocycles. The first kappa shape index (κ1) is 24.6. The summed E-state index contributed by atoms with van der Waals surface area (Å²) in [5, 5.41) is 0. The Kier molecular flexibility index (Phi) is 8.27. The fraction of sp³-hybridized carbons (Fsp3) is 0.652. The van der Waals surface area contributed by atoms with Crippen LogP contribution in [0.4, 0.5) is 4.39 Å². The molecule has 1 aromatic carbocycles. The number of sulfonamides is 1. The van der Waals surface area contributed by atoms with Crippen LogP contribution in [0.3, 0.4) is 0 Å².